The minimum absolute atomic E-state index is 0.386. The molecule has 0 fully saturated rings. The van der Waals surface area contributed by atoms with Gasteiger partial charge in [0.2, 0.25) is 0 Å². The lowest BCUT2D eigenvalue weighted by molar-refractivity contribution is -0.147. The van der Waals surface area contributed by atoms with E-state index in [1.807, 2.05) is 0 Å². The number of aliphatic hydroxyl groups is 1. The Morgan fingerprint density at radius 3 is 2.43 bits per heavy atom. The molecule has 0 aromatic heterocycles. The van der Waals surface area contributed by atoms with Crippen molar-refractivity contribution in [2.45, 2.75) is 45.8 Å². The van der Waals surface area contributed by atoms with E-state index in [2.05, 4.69) is 13.8 Å². The fourth-order valence-corrected chi connectivity index (χ4v) is 0.958. The number of rotatable bonds is 6. The molecule has 0 aromatic carbocycles. The van der Waals surface area contributed by atoms with Crippen LogP contribution in [0, 0.1) is 5.92 Å². The number of carbonyl (C=O) groups is 1. The third-order valence-electron chi connectivity index (χ3n) is 1.96. The minimum Gasteiger partial charge on any atom is -0.464 e. The molecule has 0 rings (SSSR count). The lowest BCUT2D eigenvalue weighted by Gasteiger charge is -2.13. The summed E-state index contributed by atoms with van der Waals surface area (Å²) in [6, 6.07) is -0.922. The molecule has 0 aliphatic carbocycles. The summed E-state index contributed by atoms with van der Waals surface area (Å²) in [6.07, 6.45) is 1.01. The molecule has 0 aliphatic rings. The van der Waals surface area contributed by atoms with Crippen molar-refractivity contribution in [3.63, 3.8) is 0 Å². The molecule has 14 heavy (non-hydrogen) atoms. The SMILES string of the molecule is CC(C)CCCOC(=O)C(N)C(C)O. The first-order valence-corrected chi connectivity index (χ1v) is 5.05. The predicted molar refractivity (Wildman–Crippen MR) is 54.7 cm³/mol. The third kappa shape index (κ3) is 5.94. The quantitative estimate of drug-likeness (QED) is 0.491. The summed E-state index contributed by atoms with van der Waals surface area (Å²) in [7, 11) is 0. The molecule has 84 valence electrons. The van der Waals surface area contributed by atoms with Crippen LogP contribution < -0.4 is 5.73 Å². The summed E-state index contributed by atoms with van der Waals surface area (Å²) < 4.78 is 4.89. The van der Waals surface area contributed by atoms with Crippen LogP contribution in [-0.2, 0) is 9.53 Å². The van der Waals surface area contributed by atoms with Gasteiger partial charge in [0.05, 0.1) is 12.7 Å². The molecular formula is C10H21NO3. The lowest BCUT2D eigenvalue weighted by atomic mass is 10.1. The van der Waals surface area contributed by atoms with Crippen molar-refractivity contribution in [3.05, 3.63) is 0 Å². The van der Waals surface area contributed by atoms with E-state index in [1.165, 1.54) is 6.92 Å². The number of hydrogen-bond acceptors (Lipinski definition) is 4. The molecule has 4 heteroatoms. The van der Waals surface area contributed by atoms with E-state index >= 15 is 0 Å². The number of aliphatic hydroxyl groups excluding tert-OH is 1. The summed E-state index contributed by atoms with van der Waals surface area (Å²) in [4.78, 5) is 11.1. The highest BCUT2D eigenvalue weighted by molar-refractivity contribution is 5.76. The van der Waals surface area contributed by atoms with Crippen LogP contribution >= 0.6 is 0 Å². The fraction of sp³-hybridized carbons (Fsp3) is 0.900. The van der Waals surface area contributed by atoms with Crippen molar-refractivity contribution in [3.8, 4) is 0 Å². The smallest absolute Gasteiger partial charge is 0.325 e. The van der Waals surface area contributed by atoms with E-state index in [9.17, 15) is 4.79 Å². The van der Waals surface area contributed by atoms with Crippen LogP contribution in [0.15, 0.2) is 0 Å². The van der Waals surface area contributed by atoms with Gasteiger partial charge in [-0.05, 0) is 25.7 Å². The Kier molecular flexibility index (Phi) is 6.49. The Morgan fingerprint density at radius 2 is 2.00 bits per heavy atom. The molecule has 0 amide bonds. The van der Waals surface area contributed by atoms with Crippen LogP contribution in [0.1, 0.15) is 33.6 Å². The van der Waals surface area contributed by atoms with Crippen LogP contribution in [-0.4, -0.2) is 29.8 Å². The van der Waals surface area contributed by atoms with E-state index in [1.54, 1.807) is 0 Å². The molecule has 4 nitrogen and oxygen atoms in total. The molecule has 0 saturated carbocycles. The molecule has 0 saturated heterocycles. The van der Waals surface area contributed by atoms with E-state index < -0.39 is 18.1 Å². The lowest BCUT2D eigenvalue weighted by Crippen LogP contribution is -2.41. The van der Waals surface area contributed by atoms with Crippen molar-refractivity contribution in [1.82, 2.24) is 0 Å². The maximum Gasteiger partial charge on any atom is 0.325 e. The first kappa shape index (κ1) is 13.4. The highest BCUT2D eigenvalue weighted by atomic mass is 16.5. The fourth-order valence-electron chi connectivity index (χ4n) is 0.958. The van der Waals surface area contributed by atoms with Crippen LogP contribution in [0.5, 0.6) is 0 Å². The summed E-state index contributed by atoms with van der Waals surface area (Å²) in [6.45, 7) is 6.09. The standard InChI is InChI=1S/C10H21NO3/c1-7(2)5-4-6-14-10(13)9(11)8(3)12/h7-9,12H,4-6,11H2,1-3H3. The van der Waals surface area contributed by atoms with Gasteiger partial charge in [-0.3, -0.25) is 4.79 Å². The Labute approximate surface area is 85.4 Å². The number of esters is 1. The molecule has 0 bridgehead atoms. The summed E-state index contributed by atoms with van der Waals surface area (Å²) in [5, 5.41) is 9.01. The van der Waals surface area contributed by atoms with Gasteiger partial charge in [-0.1, -0.05) is 13.8 Å². The average molecular weight is 203 g/mol. The van der Waals surface area contributed by atoms with Gasteiger partial charge in [-0.15, -0.1) is 0 Å². The third-order valence-corrected chi connectivity index (χ3v) is 1.96. The zero-order chi connectivity index (χ0) is 11.1. The number of hydrogen-bond donors (Lipinski definition) is 2. The molecule has 0 aliphatic heterocycles. The van der Waals surface area contributed by atoms with Crippen LogP contribution in [0.2, 0.25) is 0 Å². The second kappa shape index (κ2) is 6.79. The Hall–Kier alpha value is -0.610. The van der Waals surface area contributed by atoms with Crippen molar-refractivity contribution in [1.29, 1.82) is 0 Å². The van der Waals surface area contributed by atoms with Crippen LogP contribution in [0.4, 0.5) is 0 Å². The zero-order valence-electron chi connectivity index (χ0n) is 9.19. The number of ether oxygens (including phenoxy) is 1. The summed E-state index contributed by atoms with van der Waals surface area (Å²) in [5.41, 5.74) is 5.38. The Bertz CT molecular complexity index is 169. The van der Waals surface area contributed by atoms with Crippen molar-refractivity contribution < 1.29 is 14.6 Å². The van der Waals surface area contributed by atoms with E-state index in [-0.39, 0.29) is 0 Å². The second-order valence-corrected chi connectivity index (χ2v) is 3.97. The number of nitrogens with two attached hydrogens (primary N) is 1. The average Bonchev–Trinajstić information content (AvgIpc) is 2.10. The van der Waals surface area contributed by atoms with Gasteiger partial charge in [0.1, 0.15) is 6.04 Å². The summed E-state index contributed by atoms with van der Waals surface area (Å²) in [5.74, 6) is 0.0860. The normalized spacial score (nSPS) is 15.3. The molecule has 0 aromatic rings. The predicted octanol–water partition coefficient (Wildman–Crippen LogP) is 0.674. The van der Waals surface area contributed by atoms with Crippen LogP contribution in [0.3, 0.4) is 0 Å². The highest BCUT2D eigenvalue weighted by Crippen LogP contribution is 2.03. The molecule has 0 spiro atoms. The maximum absolute atomic E-state index is 11.1. The van der Waals surface area contributed by atoms with Gasteiger partial charge in [0, 0.05) is 0 Å². The molecule has 3 N–H and O–H groups in total. The second-order valence-electron chi connectivity index (χ2n) is 3.97. The van der Waals surface area contributed by atoms with Gasteiger partial charge >= 0.3 is 5.97 Å². The molecule has 0 radical (unpaired) electrons. The van der Waals surface area contributed by atoms with Gasteiger partial charge in [0.25, 0.3) is 0 Å². The molecule has 0 heterocycles. The van der Waals surface area contributed by atoms with E-state index in [0.29, 0.717) is 12.5 Å². The molecule has 2 atom stereocenters. The molecule has 2 unspecified atom stereocenters. The van der Waals surface area contributed by atoms with Crippen LogP contribution in [0.25, 0.3) is 0 Å². The van der Waals surface area contributed by atoms with Crippen molar-refractivity contribution in [2.75, 3.05) is 6.61 Å². The van der Waals surface area contributed by atoms with E-state index in [0.717, 1.165) is 12.8 Å². The first-order chi connectivity index (χ1) is 6.45. The number of carbonyl (C=O) groups excluding carboxylic acids is 1. The Morgan fingerprint density at radius 1 is 1.43 bits per heavy atom. The van der Waals surface area contributed by atoms with Crippen molar-refractivity contribution >= 4 is 5.97 Å². The minimum atomic E-state index is -0.922. The topological polar surface area (TPSA) is 72.5 Å². The zero-order valence-corrected chi connectivity index (χ0v) is 9.19. The van der Waals surface area contributed by atoms with Gasteiger partial charge in [-0.2, -0.15) is 0 Å². The summed E-state index contributed by atoms with van der Waals surface area (Å²) >= 11 is 0. The Balaban J connectivity index is 3.54. The molecular weight excluding hydrogens is 182 g/mol. The van der Waals surface area contributed by atoms with Gasteiger partial charge in [-0.25, -0.2) is 0 Å². The van der Waals surface area contributed by atoms with Crippen molar-refractivity contribution in [2.24, 2.45) is 11.7 Å². The van der Waals surface area contributed by atoms with E-state index in [4.69, 9.17) is 15.6 Å². The highest BCUT2D eigenvalue weighted by Gasteiger charge is 2.19. The van der Waals surface area contributed by atoms with Gasteiger partial charge in [0.15, 0.2) is 0 Å². The maximum atomic E-state index is 11.1. The largest absolute Gasteiger partial charge is 0.464 e. The van der Waals surface area contributed by atoms with Gasteiger partial charge < -0.3 is 15.6 Å². The monoisotopic (exact) mass is 203 g/mol. The first-order valence-electron chi connectivity index (χ1n) is 5.05.